The Bertz CT molecular complexity index is 806. The van der Waals surface area contributed by atoms with E-state index < -0.39 is 10.0 Å². The SMILES string of the molecule is CC(C)COc1ccc(NS(=O)(=O)c2ccccc2C#N)cc1. The van der Waals surface area contributed by atoms with Crippen molar-refractivity contribution < 1.29 is 13.2 Å². The summed E-state index contributed by atoms with van der Waals surface area (Å²) in [5.41, 5.74) is 0.520. The van der Waals surface area contributed by atoms with E-state index in [1.165, 1.54) is 12.1 Å². The summed E-state index contributed by atoms with van der Waals surface area (Å²) in [5, 5.41) is 9.03. The van der Waals surface area contributed by atoms with E-state index in [4.69, 9.17) is 10.00 Å². The van der Waals surface area contributed by atoms with Crippen molar-refractivity contribution in [2.24, 2.45) is 5.92 Å². The van der Waals surface area contributed by atoms with Crippen LogP contribution in [-0.2, 0) is 10.0 Å². The summed E-state index contributed by atoms with van der Waals surface area (Å²) in [6.45, 7) is 4.70. The molecule has 1 N–H and O–H groups in total. The van der Waals surface area contributed by atoms with Crippen LogP contribution in [0.1, 0.15) is 19.4 Å². The molecule has 0 aliphatic heterocycles. The molecular formula is C17H18N2O3S. The Morgan fingerprint density at radius 2 is 1.78 bits per heavy atom. The van der Waals surface area contributed by atoms with Crippen LogP contribution in [0, 0.1) is 17.2 Å². The van der Waals surface area contributed by atoms with Gasteiger partial charge < -0.3 is 4.74 Å². The largest absolute Gasteiger partial charge is 0.493 e. The molecule has 6 heteroatoms. The fourth-order valence-corrected chi connectivity index (χ4v) is 3.10. The van der Waals surface area contributed by atoms with E-state index in [-0.39, 0.29) is 10.5 Å². The van der Waals surface area contributed by atoms with Gasteiger partial charge in [-0.15, -0.1) is 0 Å². The van der Waals surface area contributed by atoms with Gasteiger partial charge in [0.1, 0.15) is 16.7 Å². The van der Waals surface area contributed by atoms with Gasteiger partial charge in [-0.1, -0.05) is 26.0 Å². The second-order valence-electron chi connectivity index (χ2n) is 5.44. The molecule has 0 atom stereocenters. The number of sulfonamides is 1. The first-order valence-electron chi connectivity index (χ1n) is 7.17. The topological polar surface area (TPSA) is 79.2 Å². The van der Waals surface area contributed by atoms with Crippen molar-refractivity contribution in [1.29, 1.82) is 5.26 Å². The van der Waals surface area contributed by atoms with Crippen LogP contribution < -0.4 is 9.46 Å². The highest BCUT2D eigenvalue weighted by Gasteiger charge is 2.18. The monoisotopic (exact) mass is 330 g/mol. The highest BCUT2D eigenvalue weighted by molar-refractivity contribution is 7.92. The fourth-order valence-electron chi connectivity index (χ4n) is 1.89. The highest BCUT2D eigenvalue weighted by Crippen LogP contribution is 2.21. The number of rotatable bonds is 6. The number of nitrogens with one attached hydrogen (secondary N) is 1. The third-order valence-corrected chi connectivity index (χ3v) is 4.43. The lowest BCUT2D eigenvalue weighted by Crippen LogP contribution is -2.14. The normalized spacial score (nSPS) is 11.0. The van der Waals surface area contributed by atoms with Gasteiger partial charge in [0, 0.05) is 5.69 Å². The maximum Gasteiger partial charge on any atom is 0.263 e. The van der Waals surface area contributed by atoms with Crippen LogP contribution in [-0.4, -0.2) is 15.0 Å². The van der Waals surface area contributed by atoms with Crippen molar-refractivity contribution in [3.8, 4) is 11.8 Å². The summed E-state index contributed by atoms with van der Waals surface area (Å²) in [6.07, 6.45) is 0. The summed E-state index contributed by atoms with van der Waals surface area (Å²) < 4.78 is 32.8. The van der Waals surface area contributed by atoms with Gasteiger partial charge in [-0.05, 0) is 42.3 Å². The van der Waals surface area contributed by atoms with Gasteiger partial charge in [0.2, 0.25) is 0 Å². The van der Waals surface area contributed by atoms with Crippen LogP contribution in [0.15, 0.2) is 53.4 Å². The van der Waals surface area contributed by atoms with E-state index in [9.17, 15) is 8.42 Å². The number of anilines is 1. The molecule has 5 nitrogen and oxygen atoms in total. The van der Waals surface area contributed by atoms with Crippen molar-refractivity contribution in [2.45, 2.75) is 18.7 Å². The Hall–Kier alpha value is -2.52. The zero-order valence-electron chi connectivity index (χ0n) is 13.0. The van der Waals surface area contributed by atoms with Crippen LogP contribution >= 0.6 is 0 Å². The van der Waals surface area contributed by atoms with Gasteiger partial charge in [0.05, 0.1) is 12.2 Å². The fraction of sp³-hybridized carbons (Fsp3) is 0.235. The van der Waals surface area contributed by atoms with Gasteiger partial charge in [-0.2, -0.15) is 5.26 Å². The van der Waals surface area contributed by atoms with E-state index in [1.807, 2.05) is 6.07 Å². The lowest BCUT2D eigenvalue weighted by atomic mass is 10.2. The van der Waals surface area contributed by atoms with Crippen molar-refractivity contribution in [2.75, 3.05) is 11.3 Å². The maximum absolute atomic E-state index is 12.4. The van der Waals surface area contributed by atoms with Gasteiger partial charge >= 0.3 is 0 Å². The second kappa shape index (κ2) is 7.16. The highest BCUT2D eigenvalue weighted by atomic mass is 32.2. The zero-order valence-corrected chi connectivity index (χ0v) is 13.8. The van der Waals surface area contributed by atoms with Crippen LogP contribution in [0.4, 0.5) is 5.69 Å². The number of nitrogens with zero attached hydrogens (tertiary/aromatic N) is 1. The Balaban J connectivity index is 2.16. The smallest absolute Gasteiger partial charge is 0.263 e. The van der Waals surface area contributed by atoms with Crippen molar-refractivity contribution >= 4 is 15.7 Å². The molecule has 2 rings (SSSR count). The first-order chi connectivity index (χ1) is 10.9. The van der Waals surface area contributed by atoms with Gasteiger partial charge in [0.25, 0.3) is 10.0 Å². The maximum atomic E-state index is 12.4. The number of benzene rings is 2. The lowest BCUT2D eigenvalue weighted by molar-refractivity contribution is 0.271. The molecule has 0 aromatic heterocycles. The molecule has 0 bridgehead atoms. The third-order valence-electron chi connectivity index (χ3n) is 2.99. The average Bonchev–Trinajstić information content (AvgIpc) is 2.53. The van der Waals surface area contributed by atoms with Crippen LogP contribution in [0.25, 0.3) is 0 Å². The minimum Gasteiger partial charge on any atom is -0.493 e. The van der Waals surface area contributed by atoms with Crippen molar-refractivity contribution in [3.63, 3.8) is 0 Å². The molecule has 0 saturated carbocycles. The molecule has 0 aliphatic carbocycles. The van der Waals surface area contributed by atoms with E-state index in [2.05, 4.69) is 18.6 Å². The van der Waals surface area contributed by atoms with E-state index in [0.717, 1.165) is 0 Å². The number of nitriles is 1. The molecule has 2 aromatic rings. The number of ether oxygens (including phenoxy) is 1. The first-order valence-corrected chi connectivity index (χ1v) is 8.65. The van der Waals surface area contributed by atoms with Crippen LogP contribution in [0.5, 0.6) is 5.75 Å². The number of hydrogen-bond acceptors (Lipinski definition) is 4. The molecular weight excluding hydrogens is 312 g/mol. The summed E-state index contributed by atoms with van der Waals surface area (Å²) in [5.74, 6) is 1.09. The van der Waals surface area contributed by atoms with Crippen molar-refractivity contribution in [1.82, 2.24) is 0 Å². The minimum atomic E-state index is -3.81. The third kappa shape index (κ3) is 4.47. The van der Waals surface area contributed by atoms with Gasteiger partial charge in [0.15, 0.2) is 0 Å². The second-order valence-corrected chi connectivity index (χ2v) is 7.09. The van der Waals surface area contributed by atoms with E-state index in [1.54, 1.807) is 36.4 Å². The van der Waals surface area contributed by atoms with E-state index in [0.29, 0.717) is 24.0 Å². The van der Waals surface area contributed by atoms with Crippen LogP contribution in [0.3, 0.4) is 0 Å². The van der Waals surface area contributed by atoms with Gasteiger partial charge in [-0.25, -0.2) is 8.42 Å². The molecule has 0 radical (unpaired) electrons. The zero-order chi connectivity index (χ0) is 16.9. The quantitative estimate of drug-likeness (QED) is 0.880. The Labute approximate surface area is 136 Å². The molecule has 0 spiro atoms. The molecule has 0 saturated heterocycles. The van der Waals surface area contributed by atoms with Crippen LogP contribution in [0.2, 0.25) is 0 Å². The standard InChI is InChI=1S/C17H18N2O3S/c1-13(2)12-22-16-9-7-15(8-10-16)19-23(20,21)17-6-4-3-5-14(17)11-18/h3-10,13,19H,12H2,1-2H3. The molecule has 0 unspecified atom stereocenters. The molecule has 0 heterocycles. The Kier molecular flexibility index (Phi) is 5.24. The van der Waals surface area contributed by atoms with Gasteiger partial charge in [-0.3, -0.25) is 4.72 Å². The Morgan fingerprint density at radius 3 is 2.39 bits per heavy atom. The molecule has 0 fully saturated rings. The first kappa shape index (κ1) is 16.8. The summed E-state index contributed by atoms with van der Waals surface area (Å²) >= 11 is 0. The summed E-state index contributed by atoms with van der Waals surface area (Å²) in [6, 6.07) is 14.6. The average molecular weight is 330 g/mol. The lowest BCUT2D eigenvalue weighted by Gasteiger charge is -2.11. The summed E-state index contributed by atoms with van der Waals surface area (Å²) in [4.78, 5) is -0.0392. The molecule has 0 amide bonds. The predicted molar refractivity (Wildman–Crippen MR) is 88.7 cm³/mol. The predicted octanol–water partition coefficient (Wildman–Crippen LogP) is 3.39. The van der Waals surface area contributed by atoms with E-state index >= 15 is 0 Å². The van der Waals surface area contributed by atoms with Crippen molar-refractivity contribution in [3.05, 3.63) is 54.1 Å². The molecule has 23 heavy (non-hydrogen) atoms. The molecule has 120 valence electrons. The molecule has 2 aromatic carbocycles. The molecule has 0 aliphatic rings. The minimum absolute atomic E-state index is 0.0392. The Morgan fingerprint density at radius 1 is 1.13 bits per heavy atom. The number of hydrogen-bond donors (Lipinski definition) is 1. The summed E-state index contributed by atoms with van der Waals surface area (Å²) in [7, 11) is -3.81.